The van der Waals surface area contributed by atoms with Crippen molar-refractivity contribution in [2.75, 3.05) is 6.61 Å². The number of aryl methyl sites for hydroxylation is 2. The van der Waals surface area contributed by atoms with Crippen molar-refractivity contribution in [3.8, 4) is 5.75 Å². The predicted molar refractivity (Wildman–Crippen MR) is 136 cm³/mol. The number of carboxylic acids is 1. The van der Waals surface area contributed by atoms with Gasteiger partial charge in [0.1, 0.15) is 11.5 Å². The molecule has 0 saturated heterocycles. The molecule has 0 saturated carbocycles. The third-order valence-electron chi connectivity index (χ3n) is 6.49. The Hall–Kier alpha value is -2.82. The van der Waals surface area contributed by atoms with E-state index in [0.717, 1.165) is 35.6 Å². The van der Waals surface area contributed by atoms with Crippen molar-refractivity contribution in [1.29, 1.82) is 0 Å². The number of allylic oxidation sites excluding steroid dienone is 4. The highest BCUT2D eigenvalue weighted by atomic mass is 16.5. The summed E-state index contributed by atoms with van der Waals surface area (Å²) in [5, 5.41) is 9.77. The maximum Gasteiger partial charge on any atom is 0.307 e. The van der Waals surface area contributed by atoms with Crippen molar-refractivity contribution in [2.45, 2.75) is 73.1 Å². The van der Waals surface area contributed by atoms with Gasteiger partial charge in [-0.25, -0.2) is 4.98 Å². The Kier molecular flexibility index (Phi) is 8.76. The van der Waals surface area contributed by atoms with E-state index < -0.39 is 5.97 Å². The first-order valence-electron chi connectivity index (χ1n) is 12.5. The lowest BCUT2D eigenvalue weighted by Gasteiger charge is -2.22. The van der Waals surface area contributed by atoms with Crippen molar-refractivity contribution >= 4 is 11.5 Å². The van der Waals surface area contributed by atoms with Crippen molar-refractivity contribution in [3.05, 3.63) is 64.9 Å². The van der Waals surface area contributed by atoms with Gasteiger partial charge in [-0.05, 0) is 74.1 Å². The monoisotopic (exact) mass is 465 g/mol. The van der Waals surface area contributed by atoms with Crippen LogP contribution in [0, 0.1) is 24.7 Å². The summed E-state index contributed by atoms with van der Waals surface area (Å²) < 4.78 is 12.0. The van der Waals surface area contributed by atoms with Crippen LogP contribution in [0.3, 0.4) is 0 Å². The summed E-state index contributed by atoms with van der Waals surface area (Å²) >= 11 is 0. The molecule has 2 aromatic rings. The topological polar surface area (TPSA) is 72.6 Å². The Morgan fingerprint density at radius 2 is 2.06 bits per heavy atom. The highest BCUT2D eigenvalue weighted by Gasteiger charge is 2.34. The summed E-state index contributed by atoms with van der Waals surface area (Å²) in [5.41, 5.74) is 4.28. The number of hydrogen-bond acceptors (Lipinski definition) is 4. The molecule has 0 fully saturated rings. The quantitative estimate of drug-likeness (QED) is 0.362. The van der Waals surface area contributed by atoms with Crippen LogP contribution in [0.4, 0.5) is 0 Å². The lowest BCUT2D eigenvalue weighted by atomic mass is 9.82. The largest absolute Gasteiger partial charge is 0.493 e. The van der Waals surface area contributed by atoms with E-state index in [4.69, 9.17) is 14.1 Å². The Bertz CT molecular complexity index is 1040. The van der Waals surface area contributed by atoms with Crippen LogP contribution in [0.2, 0.25) is 0 Å². The maximum absolute atomic E-state index is 11.9. The van der Waals surface area contributed by atoms with E-state index in [1.165, 1.54) is 11.1 Å². The zero-order valence-electron chi connectivity index (χ0n) is 21.4. The Morgan fingerprint density at radius 3 is 2.71 bits per heavy atom. The fourth-order valence-electron chi connectivity index (χ4n) is 4.72. The number of hydrogen-bond donors (Lipinski definition) is 1. The van der Waals surface area contributed by atoms with Crippen LogP contribution < -0.4 is 4.74 Å². The summed E-state index contributed by atoms with van der Waals surface area (Å²) in [7, 11) is 0. The van der Waals surface area contributed by atoms with Gasteiger partial charge in [0, 0.05) is 12.0 Å². The average molecular weight is 466 g/mol. The molecule has 0 radical (unpaired) electrons. The van der Waals surface area contributed by atoms with Crippen molar-refractivity contribution in [1.82, 2.24) is 4.98 Å². The standard InChI is InChI=1S/C29H39NO4/c1-7-21(9-8-18(2)3)28-30-27(20(6)34-28)14-15-33-23-11-13-24-22(17-23)10-12-25(24)26(29(31)32)16-19(4)5/h7-9,11,13,17-19,25-26H,10,12,14-16H2,1-6H3,(H,31,32)/b9-8-,21-7+. The molecule has 1 aliphatic rings. The Balaban J connectivity index is 1.63. The molecule has 2 unspecified atom stereocenters. The van der Waals surface area contributed by atoms with E-state index in [9.17, 15) is 9.90 Å². The van der Waals surface area contributed by atoms with Gasteiger partial charge in [-0.2, -0.15) is 0 Å². The lowest BCUT2D eigenvalue weighted by molar-refractivity contribution is -0.143. The molecule has 184 valence electrons. The minimum absolute atomic E-state index is 0.0886. The third kappa shape index (κ3) is 6.40. The number of carboxylic acid groups (broad SMARTS) is 1. The first-order valence-corrected chi connectivity index (χ1v) is 12.5. The second-order valence-electron chi connectivity index (χ2n) is 10.0. The fraction of sp³-hybridized carbons (Fsp3) is 0.517. The molecule has 1 N–H and O–H groups in total. The summed E-state index contributed by atoms with van der Waals surface area (Å²) in [6.45, 7) is 12.9. The number of carbonyl (C=O) groups is 1. The van der Waals surface area contributed by atoms with Gasteiger partial charge < -0.3 is 14.3 Å². The molecule has 5 heteroatoms. The summed E-state index contributed by atoms with van der Waals surface area (Å²) in [6, 6.07) is 6.12. The summed E-state index contributed by atoms with van der Waals surface area (Å²) in [5.74, 6) is 2.19. The maximum atomic E-state index is 11.9. The van der Waals surface area contributed by atoms with Crippen molar-refractivity contribution < 1.29 is 19.1 Å². The van der Waals surface area contributed by atoms with Gasteiger partial charge in [0.25, 0.3) is 0 Å². The molecule has 2 atom stereocenters. The van der Waals surface area contributed by atoms with Gasteiger partial charge >= 0.3 is 5.97 Å². The molecule has 0 spiro atoms. The fourth-order valence-corrected chi connectivity index (χ4v) is 4.72. The molecule has 1 aromatic heterocycles. The van der Waals surface area contributed by atoms with E-state index in [2.05, 4.69) is 52.0 Å². The number of nitrogens with zero attached hydrogens (tertiary/aromatic N) is 1. The van der Waals surface area contributed by atoms with Gasteiger partial charge in [-0.3, -0.25) is 4.79 Å². The number of ether oxygens (including phenoxy) is 1. The summed E-state index contributed by atoms with van der Waals surface area (Å²) in [4.78, 5) is 16.6. The van der Waals surface area contributed by atoms with E-state index in [0.29, 0.717) is 37.2 Å². The number of aliphatic carboxylic acids is 1. The number of aromatic nitrogens is 1. The number of benzene rings is 1. The third-order valence-corrected chi connectivity index (χ3v) is 6.49. The molecule has 0 amide bonds. The van der Waals surface area contributed by atoms with Crippen LogP contribution in [0.15, 0.2) is 40.8 Å². The lowest BCUT2D eigenvalue weighted by Crippen LogP contribution is -2.22. The molecule has 0 bridgehead atoms. The van der Waals surface area contributed by atoms with Gasteiger partial charge in [0.05, 0.1) is 18.2 Å². The molecule has 3 rings (SSSR count). The number of fused-ring (bicyclic) bond motifs is 1. The zero-order valence-corrected chi connectivity index (χ0v) is 21.4. The van der Waals surface area contributed by atoms with Crippen LogP contribution in [-0.4, -0.2) is 22.7 Å². The highest BCUT2D eigenvalue weighted by molar-refractivity contribution is 5.72. The molecular formula is C29H39NO4. The smallest absolute Gasteiger partial charge is 0.307 e. The Morgan fingerprint density at radius 1 is 1.29 bits per heavy atom. The molecule has 1 aromatic carbocycles. The second-order valence-corrected chi connectivity index (χ2v) is 10.0. The van der Waals surface area contributed by atoms with Crippen molar-refractivity contribution in [3.63, 3.8) is 0 Å². The van der Waals surface area contributed by atoms with E-state index >= 15 is 0 Å². The predicted octanol–water partition coefficient (Wildman–Crippen LogP) is 7.00. The number of oxazole rings is 1. The minimum atomic E-state index is -0.685. The number of rotatable bonds is 11. The normalized spacial score (nSPS) is 17.1. The van der Waals surface area contributed by atoms with Gasteiger partial charge in [0.2, 0.25) is 5.89 Å². The van der Waals surface area contributed by atoms with Crippen LogP contribution >= 0.6 is 0 Å². The molecule has 0 aliphatic heterocycles. The van der Waals surface area contributed by atoms with Crippen LogP contribution in [0.5, 0.6) is 5.75 Å². The first kappa shape index (κ1) is 25.8. The van der Waals surface area contributed by atoms with Gasteiger partial charge in [-0.15, -0.1) is 0 Å². The Labute approximate surface area is 203 Å². The van der Waals surface area contributed by atoms with Crippen LogP contribution in [-0.2, 0) is 17.6 Å². The first-order chi connectivity index (χ1) is 16.2. The van der Waals surface area contributed by atoms with E-state index in [1.54, 1.807) is 0 Å². The molecule has 1 aliphatic carbocycles. The van der Waals surface area contributed by atoms with Gasteiger partial charge in [-0.1, -0.05) is 52.0 Å². The highest BCUT2D eigenvalue weighted by Crippen LogP contribution is 2.42. The van der Waals surface area contributed by atoms with Gasteiger partial charge in [0.15, 0.2) is 0 Å². The second kappa shape index (κ2) is 11.5. The molecule has 5 nitrogen and oxygen atoms in total. The van der Waals surface area contributed by atoms with Crippen molar-refractivity contribution in [2.24, 2.45) is 17.8 Å². The molecular weight excluding hydrogens is 426 g/mol. The van der Waals surface area contributed by atoms with E-state index in [-0.39, 0.29) is 11.8 Å². The SMILES string of the molecule is C/C=C(\C=C/C(C)C)c1nc(CCOc2ccc3c(c2)CCC3C(CC(C)C)C(=O)O)c(C)o1. The summed E-state index contributed by atoms with van der Waals surface area (Å²) in [6.07, 6.45) is 9.37. The van der Waals surface area contributed by atoms with Crippen LogP contribution in [0.25, 0.3) is 5.57 Å². The molecule has 1 heterocycles. The minimum Gasteiger partial charge on any atom is -0.493 e. The van der Waals surface area contributed by atoms with E-state index in [1.807, 2.05) is 26.0 Å². The zero-order chi connectivity index (χ0) is 24.8. The molecule has 34 heavy (non-hydrogen) atoms. The average Bonchev–Trinajstić information content (AvgIpc) is 3.35. The van der Waals surface area contributed by atoms with Crippen LogP contribution in [0.1, 0.15) is 81.9 Å².